The number of halogens is 3. The third kappa shape index (κ3) is 3.31. The van der Waals surface area contributed by atoms with Gasteiger partial charge in [0.2, 0.25) is 0 Å². The lowest BCUT2D eigenvalue weighted by Crippen LogP contribution is -2.17. The summed E-state index contributed by atoms with van der Waals surface area (Å²) in [5.41, 5.74) is 2.14. The highest BCUT2D eigenvalue weighted by molar-refractivity contribution is 5.98. The van der Waals surface area contributed by atoms with E-state index in [1.165, 1.54) is 31.4 Å². The quantitative estimate of drug-likeness (QED) is 0.795. The Bertz CT molecular complexity index is 530. The second-order valence-corrected chi connectivity index (χ2v) is 4.37. The van der Waals surface area contributed by atoms with E-state index in [0.717, 1.165) is 17.6 Å². The van der Waals surface area contributed by atoms with Gasteiger partial charge < -0.3 is 9.47 Å². The minimum Gasteiger partial charge on any atom is -0.466 e. The van der Waals surface area contributed by atoms with Crippen molar-refractivity contribution in [3.63, 3.8) is 0 Å². The highest BCUT2D eigenvalue weighted by Gasteiger charge is 2.31. The minimum atomic E-state index is -4.70. The summed E-state index contributed by atoms with van der Waals surface area (Å²) in [6.45, 7) is 0. The van der Waals surface area contributed by atoms with Crippen LogP contribution >= 0.6 is 0 Å². The average molecular weight is 286 g/mol. The fourth-order valence-electron chi connectivity index (χ4n) is 2.27. The Morgan fingerprint density at radius 2 is 1.80 bits per heavy atom. The van der Waals surface area contributed by atoms with Crippen molar-refractivity contribution in [3.8, 4) is 5.75 Å². The summed E-state index contributed by atoms with van der Waals surface area (Å²) in [7, 11) is 1.31. The van der Waals surface area contributed by atoms with Crippen molar-refractivity contribution >= 4 is 11.5 Å². The van der Waals surface area contributed by atoms with Crippen molar-refractivity contribution in [3.05, 3.63) is 35.4 Å². The number of esters is 1. The monoisotopic (exact) mass is 286 g/mol. The van der Waals surface area contributed by atoms with Crippen LogP contribution in [0.15, 0.2) is 29.8 Å². The van der Waals surface area contributed by atoms with Gasteiger partial charge in [-0.05, 0) is 42.5 Å². The van der Waals surface area contributed by atoms with Gasteiger partial charge in [-0.15, -0.1) is 13.2 Å². The molecule has 0 fully saturated rings. The van der Waals surface area contributed by atoms with Gasteiger partial charge in [-0.3, -0.25) is 0 Å². The molecule has 6 heteroatoms. The number of carbonyl (C=O) groups is 1. The first-order valence-electron chi connectivity index (χ1n) is 6.07. The fraction of sp³-hybridized carbons (Fsp3) is 0.357. The van der Waals surface area contributed by atoms with E-state index in [2.05, 4.69) is 4.74 Å². The summed E-state index contributed by atoms with van der Waals surface area (Å²) >= 11 is 0. The summed E-state index contributed by atoms with van der Waals surface area (Å²) in [5.74, 6) is -0.660. The molecule has 0 bridgehead atoms. The molecular formula is C14H13F3O3. The largest absolute Gasteiger partial charge is 0.573 e. The molecule has 1 aromatic rings. The Balaban J connectivity index is 2.23. The zero-order chi connectivity index (χ0) is 14.8. The molecular weight excluding hydrogens is 273 g/mol. The number of alkyl halides is 3. The van der Waals surface area contributed by atoms with Gasteiger partial charge >= 0.3 is 12.3 Å². The van der Waals surface area contributed by atoms with Gasteiger partial charge in [-0.2, -0.15) is 0 Å². The summed E-state index contributed by atoms with van der Waals surface area (Å²) in [4.78, 5) is 11.6. The molecule has 0 N–H and O–H groups in total. The lowest BCUT2D eigenvalue weighted by Gasteiger charge is -2.10. The Kier molecular flexibility index (Phi) is 4.01. The molecule has 2 rings (SSSR count). The third-order valence-electron chi connectivity index (χ3n) is 3.09. The van der Waals surface area contributed by atoms with Crippen molar-refractivity contribution in [2.24, 2.45) is 0 Å². The van der Waals surface area contributed by atoms with Crippen LogP contribution in [0.5, 0.6) is 5.75 Å². The standard InChI is InChI=1S/C14H13F3O3/c1-19-13(18)12-4-2-3-11(12)9-5-7-10(8-6-9)20-14(15,16)17/h5-8H,2-4H2,1H3. The van der Waals surface area contributed by atoms with Crippen LogP contribution in [0.3, 0.4) is 0 Å². The van der Waals surface area contributed by atoms with Crippen LogP contribution in [-0.2, 0) is 9.53 Å². The van der Waals surface area contributed by atoms with Gasteiger partial charge in [-0.1, -0.05) is 12.1 Å². The maximum atomic E-state index is 12.1. The molecule has 0 saturated carbocycles. The summed E-state index contributed by atoms with van der Waals surface area (Å²) in [6.07, 6.45) is -2.53. The first-order valence-corrected chi connectivity index (χ1v) is 6.07. The lowest BCUT2D eigenvalue weighted by molar-refractivity contribution is -0.274. The van der Waals surface area contributed by atoms with Gasteiger partial charge in [0, 0.05) is 5.57 Å². The molecule has 1 aliphatic carbocycles. The number of rotatable bonds is 3. The molecule has 3 nitrogen and oxygen atoms in total. The van der Waals surface area contributed by atoms with Crippen molar-refractivity contribution in [2.45, 2.75) is 25.6 Å². The molecule has 20 heavy (non-hydrogen) atoms. The maximum Gasteiger partial charge on any atom is 0.573 e. The number of allylic oxidation sites excluding steroid dienone is 1. The van der Waals surface area contributed by atoms with Crippen molar-refractivity contribution in [1.82, 2.24) is 0 Å². The molecule has 1 aromatic carbocycles. The molecule has 108 valence electrons. The number of hydrogen-bond donors (Lipinski definition) is 0. The van der Waals surface area contributed by atoms with Crippen molar-refractivity contribution in [1.29, 1.82) is 0 Å². The topological polar surface area (TPSA) is 35.5 Å². The molecule has 0 saturated heterocycles. The smallest absolute Gasteiger partial charge is 0.466 e. The predicted octanol–water partition coefficient (Wildman–Crippen LogP) is 3.70. The average Bonchev–Trinajstić information content (AvgIpc) is 2.86. The zero-order valence-electron chi connectivity index (χ0n) is 10.8. The fourth-order valence-corrected chi connectivity index (χ4v) is 2.27. The summed E-state index contributed by atoms with van der Waals surface area (Å²) in [6, 6.07) is 5.52. The SMILES string of the molecule is COC(=O)C1=C(c2ccc(OC(F)(F)F)cc2)CCC1. The van der Waals surface area contributed by atoms with Crippen LogP contribution in [0.1, 0.15) is 24.8 Å². The van der Waals surface area contributed by atoms with Crippen molar-refractivity contribution < 1.29 is 27.4 Å². The van der Waals surface area contributed by atoms with E-state index < -0.39 is 6.36 Å². The van der Waals surface area contributed by atoms with E-state index in [1.54, 1.807) is 0 Å². The molecule has 0 unspecified atom stereocenters. The van der Waals surface area contributed by atoms with Gasteiger partial charge in [0.25, 0.3) is 0 Å². The number of ether oxygens (including phenoxy) is 2. The number of hydrogen-bond acceptors (Lipinski definition) is 3. The molecule has 0 aromatic heterocycles. The van der Waals surface area contributed by atoms with Crippen LogP contribution in [0.2, 0.25) is 0 Å². The van der Waals surface area contributed by atoms with Gasteiger partial charge in [0.05, 0.1) is 7.11 Å². The van der Waals surface area contributed by atoms with Gasteiger partial charge in [0.15, 0.2) is 0 Å². The highest BCUT2D eigenvalue weighted by atomic mass is 19.4. The molecule has 1 aliphatic rings. The number of carbonyl (C=O) groups excluding carboxylic acids is 1. The summed E-state index contributed by atoms with van der Waals surface area (Å²) in [5, 5.41) is 0. The lowest BCUT2D eigenvalue weighted by atomic mass is 10.0. The molecule has 0 amide bonds. The second-order valence-electron chi connectivity index (χ2n) is 4.37. The zero-order valence-corrected chi connectivity index (χ0v) is 10.8. The van der Waals surface area contributed by atoms with E-state index in [1.807, 2.05) is 0 Å². The van der Waals surface area contributed by atoms with Crippen LogP contribution in [-0.4, -0.2) is 19.4 Å². The van der Waals surface area contributed by atoms with Crippen molar-refractivity contribution in [2.75, 3.05) is 7.11 Å². The minimum absolute atomic E-state index is 0.278. The van der Waals surface area contributed by atoms with Crippen LogP contribution in [0.4, 0.5) is 13.2 Å². The Morgan fingerprint density at radius 1 is 1.15 bits per heavy atom. The molecule has 0 heterocycles. The first-order chi connectivity index (χ1) is 9.40. The first kappa shape index (κ1) is 14.4. The van der Waals surface area contributed by atoms with Crippen LogP contribution < -0.4 is 4.74 Å². The molecule has 0 spiro atoms. The second kappa shape index (κ2) is 5.56. The van der Waals surface area contributed by atoms with Crippen LogP contribution in [0, 0.1) is 0 Å². The van der Waals surface area contributed by atoms with E-state index in [4.69, 9.17) is 4.74 Å². The normalized spacial score (nSPS) is 15.4. The molecule has 0 radical (unpaired) electrons. The maximum absolute atomic E-state index is 12.1. The highest BCUT2D eigenvalue weighted by Crippen LogP contribution is 2.35. The van der Waals surface area contributed by atoms with Crippen LogP contribution in [0.25, 0.3) is 5.57 Å². The predicted molar refractivity (Wildman–Crippen MR) is 65.9 cm³/mol. The van der Waals surface area contributed by atoms with Gasteiger partial charge in [0.1, 0.15) is 5.75 Å². The van der Waals surface area contributed by atoms with E-state index in [0.29, 0.717) is 18.4 Å². The molecule has 0 aliphatic heterocycles. The van der Waals surface area contributed by atoms with E-state index in [9.17, 15) is 18.0 Å². The van der Waals surface area contributed by atoms with E-state index >= 15 is 0 Å². The Labute approximate surface area is 114 Å². The Hall–Kier alpha value is -1.98. The number of benzene rings is 1. The Morgan fingerprint density at radius 3 is 2.35 bits per heavy atom. The van der Waals surface area contributed by atoms with E-state index in [-0.39, 0.29) is 11.7 Å². The third-order valence-corrected chi connectivity index (χ3v) is 3.09. The summed E-state index contributed by atoms with van der Waals surface area (Å²) < 4.78 is 44.7. The molecule has 0 atom stereocenters. The van der Waals surface area contributed by atoms with Gasteiger partial charge in [-0.25, -0.2) is 4.79 Å². The number of methoxy groups -OCH3 is 1.